The van der Waals surface area contributed by atoms with E-state index in [1.807, 2.05) is 0 Å². The van der Waals surface area contributed by atoms with E-state index in [4.69, 9.17) is 0 Å². The summed E-state index contributed by atoms with van der Waals surface area (Å²) in [6.45, 7) is 0. The molecule has 0 amide bonds. The molecule has 1 heterocycles. The van der Waals surface area contributed by atoms with Gasteiger partial charge in [-0.1, -0.05) is 121 Å². The van der Waals surface area contributed by atoms with Crippen molar-refractivity contribution in [3.05, 3.63) is 144 Å². The van der Waals surface area contributed by atoms with Crippen LogP contribution in [0, 0.1) is 0 Å². The molecule has 4 aromatic carbocycles. The van der Waals surface area contributed by atoms with Crippen molar-refractivity contribution in [2.45, 2.75) is 22.3 Å². The predicted octanol–water partition coefficient (Wildman–Crippen LogP) is 7.78. The molecule has 0 nitrogen and oxygen atoms in total. The van der Waals surface area contributed by atoms with Gasteiger partial charge in [0, 0.05) is 22.3 Å². The largest absolute Gasteiger partial charge is 0.144 e. The van der Waals surface area contributed by atoms with Crippen molar-refractivity contribution in [3.8, 4) is 0 Å². The van der Waals surface area contributed by atoms with Crippen molar-refractivity contribution in [2.75, 3.05) is 0 Å². The van der Waals surface area contributed by atoms with Crippen molar-refractivity contribution in [1.29, 1.82) is 0 Å². The Morgan fingerprint density at radius 3 is 0.931 bits per heavy atom. The second-order valence-corrected chi connectivity index (χ2v) is 8.96. The SMILES string of the molecule is c1ccc(C2SC(c3ccccc3)C(c3ccccc3)C2c2ccccc2)cc1. The normalized spacial score (nSPS) is 23.7. The maximum absolute atomic E-state index is 2.31. The van der Waals surface area contributed by atoms with Crippen LogP contribution >= 0.6 is 11.8 Å². The van der Waals surface area contributed by atoms with Gasteiger partial charge in [-0.3, -0.25) is 0 Å². The van der Waals surface area contributed by atoms with Crippen molar-refractivity contribution in [3.63, 3.8) is 0 Å². The highest BCUT2D eigenvalue weighted by Crippen LogP contribution is 2.66. The van der Waals surface area contributed by atoms with E-state index in [9.17, 15) is 0 Å². The van der Waals surface area contributed by atoms with Gasteiger partial charge < -0.3 is 0 Å². The molecule has 0 bridgehead atoms. The van der Waals surface area contributed by atoms with Gasteiger partial charge in [0.1, 0.15) is 0 Å². The van der Waals surface area contributed by atoms with Crippen LogP contribution in [0.1, 0.15) is 44.6 Å². The lowest BCUT2D eigenvalue weighted by Gasteiger charge is -2.27. The van der Waals surface area contributed by atoms with E-state index in [0.29, 0.717) is 22.3 Å². The molecule has 4 aromatic rings. The van der Waals surface area contributed by atoms with E-state index in [2.05, 4.69) is 133 Å². The molecular formula is C28H24S. The van der Waals surface area contributed by atoms with E-state index in [1.165, 1.54) is 22.3 Å². The van der Waals surface area contributed by atoms with E-state index in [-0.39, 0.29) is 0 Å². The Balaban J connectivity index is 1.69. The minimum atomic E-state index is 0.425. The molecule has 1 aliphatic heterocycles. The molecule has 0 N–H and O–H groups in total. The van der Waals surface area contributed by atoms with Gasteiger partial charge in [0.2, 0.25) is 0 Å². The molecule has 0 saturated carbocycles. The first-order chi connectivity index (χ1) is 14.4. The lowest BCUT2D eigenvalue weighted by Crippen LogP contribution is -2.13. The smallest absolute Gasteiger partial charge is 0.0378 e. The van der Waals surface area contributed by atoms with E-state index in [0.717, 1.165) is 0 Å². The van der Waals surface area contributed by atoms with E-state index in [1.54, 1.807) is 0 Å². The molecule has 1 fully saturated rings. The summed E-state index contributed by atoms with van der Waals surface area (Å²) >= 11 is 2.12. The van der Waals surface area contributed by atoms with Crippen LogP contribution in [-0.4, -0.2) is 0 Å². The molecule has 4 atom stereocenters. The zero-order valence-electron chi connectivity index (χ0n) is 16.3. The predicted molar refractivity (Wildman–Crippen MR) is 124 cm³/mol. The Morgan fingerprint density at radius 1 is 0.345 bits per heavy atom. The van der Waals surface area contributed by atoms with Crippen LogP contribution in [0.25, 0.3) is 0 Å². The average Bonchev–Trinajstić information content (AvgIpc) is 3.22. The molecule has 5 rings (SSSR count). The number of rotatable bonds is 4. The van der Waals surface area contributed by atoms with Crippen LogP contribution < -0.4 is 0 Å². The fraction of sp³-hybridized carbons (Fsp3) is 0.143. The van der Waals surface area contributed by atoms with Gasteiger partial charge in [-0.05, 0) is 22.3 Å². The number of thioether (sulfide) groups is 1. The molecule has 142 valence electrons. The summed E-state index contributed by atoms with van der Waals surface area (Å²) < 4.78 is 0. The summed E-state index contributed by atoms with van der Waals surface area (Å²) in [5, 5.41) is 0.850. The Morgan fingerprint density at radius 2 is 0.621 bits per heavy atom. The molecule has 29 heavy (non-hydrogen) atoms. The second kappa shape index (κ2) is 8.31. The number of hydrogen-bond acceptors (Lipinski definition) is 1. The van der Waals surface area contributed by atoms with Gasteiger partial charge >= 0.3 is 0 Å². The lowest BCUT2D eigenvalue weighted by molar-refractivity contribution is 0.553. The minimum absolute atomic E-state index is 0.425. The van der Waals surface area contributed by atoms with E-state index < -0.39 is 0 Å². The number of benzene rings is 4. The topological polar surface area (TPSA) is 0 Å². The first-order valence-corrected chi connectivity index (χ1v) is 11.2. The first kappa shape index (κ1) is 18.3. The molecule has 1 heteroatoms. The molecule has 1 aliphatic rings. The third-order valence-electron chi connectivity index (χ3n) is 5.96. The zero-order chi connectivity index (χ0) is 19.5. The highest BCUT2D eigenvalue weighted by molar-refractivity contribution is 8.00. The Labute approximate surface area is 177 Å². The third-order valence-corrected chi connectivity index (χ3v) is 7.67. The monoisotopic (exact) mass is 392 g/mol. The summed E-state index contributed by atoms with van der Waals surface area (Å²) in [6.07, 6.45) is 0. The quantitative estimate of drug-likeness (QED) is 0.341. The van der Waals surface area contributed by atoms with Gasteiger partial charge in [0.05, 0.1) is 0 Å². The second-order valence-electron chi connectivity index (χ2n) is 7.67. The van der Waals surface area contributed by atoms with Crippen molar-refractivity contribution < 1.29 is 0 Å². The molecular weight excluding hydrogens is 368 g/mol. The highest BCUT2D eigenvalue weighted by atomic mass is 32.2. The zero-order valence-corrected chi connectivity index (χ0v) is 17.1. The van der Waals surface area contributed by atoms with Crippen LogP contribution in [0.15, 0.2) is 121 Å². The minimum Gasteiger partial charge on any atom is -0.144 e. The van der Waals surface area contributed by atoms with Gasteiger partial charge in [-0.2, -0.15) is 0 Å². The summed E-state index contributed by atoms with van der Waals surface area (Å²) in [5.74, 6) is 0.854. The standard InChI is InChI=1S/C28H24S/c1-5-13-21(14-6-1)25-26(22-15-7-2-8-16-22)28(24-19-11-4-12-20-24)29-27(25)23-17-9-3-10-18-23/h1-20,25-28H. The molecule has 0 aromatic heterocycles. The van der Waals surface area contributed by atoms with Crippen LogP contribution in [0.2, 0.25) is 0 Å². The molecule has 0 aliphatic carbocycles. The van der Waals surface area contributed by atoms with Gasteiger partial charge in [-0.15, -0.1) is 11.8 Å². The summed E-state index contributed by atoms with van der Waals surface area (Å²) in [4.78, 5) is 0. The lowest BCUT2D eigenvalue weighted by atomic mass is 9.75. The molecule has 4 unspecified atom stereocenters. The Kier molecular flexibility index (Phi) is 5.23. The van der Waals surface area contributed by atoms with Gasteiger partial charge in [-0.25, -0.2) is 0 Å². The van der Waals surface area contributed by atoms with E-state index >= 15 is 0 Å². The fourth-order valence-electron chi connectivity index (χ4n) is 4.68. The third kappa shape index (κ3) is 3.63. The van der Waals surface area contributed by atoms with Crippen LogP contribution in [0.5, 0.6) is 0 Å². The van der Waals surface area contributed by atoms with Crippen LogP contribution in [-0.2, 0) is 0 Å². The van der Waals surface area contributed by atoms with Gasteiger partial charge in [0.15, 0.2) is 0 Å². The first-order valence-electron chi connectivity index (χ1n) is 10.3. The maximum Gasteiger partial charge on any atom is 0.0378 e. The van der Waals surface area contributed by atoms with Crippen molar-refractivity contribution >= 4 is 11.8 Å². The summed E-state index contributed by atoms with van der Waals surface area (Å²) in [5.41, 5.74) is 5.71. The molecule has 0 spiro atoms. The Bertz CT molecular complexity index is 942. The molecule has 1 saturated heterocycles. The molecule has 0 radical (unpaired) electrons. The average molecular weight is 393 g/mol. The van der Waals surface area contributed by atoms with Crippen LogP contribution in [0.3, 0.4) is 0 Å². The summed E-state index contributed by atoms with van der Waals surface area (Å²) in [6, 6.07) is 44.3. The number of hydrogen-bond donors (Lipinski definition) is 0. The Hall–Kier alpha value is -2.77. The summed E-state index contributed by atoms with van der Waals surface area (Å²) in [7, 11) is 0. The maximum atomic E-state index is 2.31. The van der Waals surface area contributed by atoms with Crippen molar-refractivity contribution in [1.82, 2.24) is 0 Å². The van der Waals surface area contributed by atoms with Crippen molar-refractivity contribution in [2.24, 2.45) is 0 Å². The van der Waals surface area contributed by atoms with Crippen LogP contribution in [0.4, 0.5) is 0 Å². The fourth-order valence-corrected chi connectivity index (χ4v) is 6.61. The highest BCUT2D eigenvalue weighted by Gasteiger charge is 2.46. The van der Waals surface area contributed by atoms with Gasteiger partial charge in [0.25, 0.3) is 0 Å².